The van der Waals surface area contributed by atoms with E-state index in [4.69, 9.17) is 11.1 Å². The lowest BCUT2D eigenvalue weighted by molar-refractivity contribution is 0.736. The molecule has 2 aromatic rings. The van der Waals surface area contributed by atoms with Crippen LogP contribution < -0.4 is 10.6 Å². The first-order chi connectivity index (χ1) is 10.1. The van der Waals surface area contributed by atoms with Crippen LogP contribution in [0.15, 0.2) is 24.5 Å². The van der Waals surface area contributed by atoms with Crippen molar-refractivity contribution in [2.45, 2.75) is 26.8 Å². The fourth-order valence-corrected chi connectivity index (χ4v) is 1.80. The van der Waals surface area contributed by atoms with Crippen LogP contribution in [-0.4, -0.2) is 32.5 Å². The summed E-state index contributed by atoms with van der Waals surface area (Å²) < 4.78 is 0. The van der Waals surface area contributed by atoms with E-state index in [-0.39, 0.29) is 5.84 Å². The van der Waals surface area contributed by atoms with Crippen LogP contribution in [0.4, 0.5) is 5.95 Å². The molecule has 0 fully saturated rings. The predicted molar refractivity (Wildman–Crippen MR) is 81.1 cm³/mol. The Balaban J connectivity index is 2.22. The Bertz CT molecular complexity index is 612. The Morgan fingerprint density at radius 3 is 2.71 bits per heavy atom. The molecule has 0 spiro atoms. The van der Waals surface area contributed by atoms with Gasteiger partial charge in [0.05, 0.1) is 17.2 Å². The highest BCUT2D eigenvalue weighted by atomic mass is 15.3. The summed E-state index contributed by atoms with van der Waals surface area (Å²) in [7, 11) is 0. The second-order valence-electron chi connectivity index (χ2n) is 4.84. The minimum absolute atomic E-state index is 0.142. The Morgan fingerprint density at radius 2 is 2.10 bits per heavy atom. The fourth-order valence-electron chi connectivity index (χ4n) is 1.80. The second kappa shape index (κ2) is 6.74. The lowest BCUT2D eigenvalue weighted by Crippen LogP contribution is -2.29. The van der Waals surface area contributed by atoms with Gasteiger partial charge in [0.1, 0.15) is 0 Å². The summed E-state index contributed by atoms with van der Waals surface area (Å²) in [4.78, 5) is 10.5. The summed E-state index contributed by atoms with van der Waals surface area (Å²) in [5.41, 5.74) is 8.16. The number of aryl methyl sites for hydroxylation is 2. The van der Waals surface area contributed by atoms with Gasteiger partial charge in [-0.05, 0) is 25.5 Å². The van der Waals surface area contributed by atoms with Crippen molar-refractivity contribution in [1.82, 2.24) is 20.2 Å². The summed E-state index contributed by atoms with van der Waals surface area (Å²) in [6, 6.07) is 3.88. The first-order valence-corrected chi connectivity index (χ1v) is 6.71. The molecule has 0 aliphatic heterocycles. The number of nitrogens with zero attached hydrogens (tertiary/aromatic N) is 5. The molecular formula is C14H19N7. The van der Waals surface area contributed by atoms with E-state index in [0.29, 0.717) is 25.5 Å². The SMILES string of the molecule is Cc1nnc(N(CCC(=N)N)Cc2cccnc2)nc1C. The smallest absolute Gasteiger partial charge is 0.245 e. The maximum Gasteiger partial charge on any atom is 0.245 e. The molecule has 0 bridgehead atoms. The fraction of sp³-hybridized carbons (Fsp3) is 0.357. The Labute approximate surface area is 123 Å². The van der Waals surface area contributed by atoms with Crippen LogP contribution in [0, 0.1) is 19.3 Å². The number of anilines is 1. The van der Waals surface area contributed by atoms with Gasteiger partial charge in [-0.1, -0.05) is 6.07 Å². The van der Waals surface area contributed by atoms with Crippen LogP contribution in [0.25, 0.3) is 0 Å². The van der Waals surface area contributed by atoms with E-state index in [1.165, 1.54) is 0 Å². The molecule has 21 heavy (non-hydrogen) atoms. The van der Waals surface area contributed by atoms with Crippen LogP contribution in [0.2, 0.25) is 0 Å². The number of nitrogens with two attached hydrogens (primary N) is 1. The maximum absolute atomic E-state index is 7.39. The normalized spacial score (nSPS) is 10.4. The molecule has 2 rings (SSSR count). The lowest BCUT2D eigenvalue weighted by Gasteiger charge is -2.22. The number of pyridine rings is 1. The number of rotatable bonds is 6. The van der Waals surface area contributed by atoms with Crippen LogP contribution in [0.1, 0.15) is 23.4 Å². The number of amidine groups is 1. The van der Waals surface area contributed by atoms with Gasteiger partial charge in [0.2, 0.25) is 5.95 Å². The Kier molecular flexibility index (Phi) is 4.76. The number of hydrogen-bond donors (Lipinski definition) is 2. The molecule has 0 atom stereocenters. The molecule has 110 valence electrons. The third-order valence-electron chi connectivity index (χ3n) is 3.11. The predicted octanol–water partition coefficient (Wildman–Crippen LogP) is 1.22. The van der Waals surface area contributed by atoms with Crippen LogP contribution >= 0.6 is 0 Å². The molecule has 7 heteroatoms. The van der Waals surface area contributed by atoms with Gasteiger partial charge in [-0.3, -0.25) is 10.4 Å². The Morgan fingerprint density at radius 1 is 1.29 bits per heavy atom. The highest BCUT2D eigenvalue weighted by Gasteiger charge is 2.13. The molecule has 0 aromatic carbocycles. The molecule has 0 radical (unpaired) electrons. The van der Waals surface area contributed by atoms with E-state index in [1.807, 2.05) is 30.9 Å². The molecular weight excluding hydrogens is 266 g/mol. The maximum atomic E-state index is 7.39. The molecule has 0 saturated carbocycles. The highest BCUT2D eigenvalue weighted by Crippen LogP contribution is 2.13. The van der Waals surface area contributed by atoms with E-state index < -0.39 is 0 Å². The van der Waals surface area contributed by atoms with Crippen molar-refractivity contribution in [2.75, 3.05) is 11.4 Å². The van der Waals surface area contributed by atoms with Crippen molar-refractivity contribution in [3.8, 4) is 0 Å². The second-order valence-corrected chi connectivity index (χ2v) is 4.84. The lowest BCUT2D eigenvalue weighted by atomic mass is 10.2. The minimum Gasteiger partial charge on any atom is -0.388 e. The van der Waals surface area contributed by atoms with E-state index in [2.05, 4.69) is 20.2 Å². The Hall–Kier alpha value is -2.57. The standard InChI is InChI=1S/C14H19N7/c1-10-11(2)19-20-14(18-10)21(7-5-13(15)16)9-12-4-3-6-17-8-12/h3-4,6,8H,5,7,9H2,1-2H3,(H3,15,16). The van der Waals surface area contributed by atoms with Crippen LogP contribution in [-0.2, 0) is 6.54 Å². The van der Waals surface area contributed by atoms with Crippen molar-refractivity contribution >= 4 is 11.8 Å². The topological polar surface area (TPSA) is 105 Å². The summed E-state index contributed by atoms with van der Waals surface area (Å²) >= 11 is 0. The van der Waals surface area contributed by atoms with E-state index >= 15 is 0 Å². The molecule has 2 heterocycles. The zero-order chi connectivity index (χ0) is 15.2. The van der Waals surface area contributed by atoms with Crippen LogP contribution in [0.5, 0.6) is 0 Å². The largest absolute Gasteiger partial charge is 0.388 e. The third kappa shape index (κ3) is 4.20. The molecule has 0 aliphatic carbocycles. The van der Waals surface area contributed by atoms with E-state index in [1.54, 1.807) is 12.4 Å². The highest BCUT2D eigenvalue weighted by molar-refractivity contribution is 5.77. The molecule has 0 saturated heterocycles. The zero-order valence-electron chi connectivity index (χ0n) is 12.2. The summed E-state index contributed by atoms with van der Waals surface area (Å²) in [5, 5.41) is 15.6. The van der Waals surface area contributed by atoms with Gasteiger partial charge in [0, 0.05) is 31.9 Å². The number of hydrogen-bond acceptors (Lipinski definition) is 6. The number of nitrogens with one attached hydrogen (secondary N) is 1. The quantitative estimate of drug-likeness (QED) is 0.610. The number of aromatic nitrogens is 4. The average Bonchev–Trinajstić information content (AvgIpc) is 2.47. The molecule has 3 N–H and O–H groups in total. The summed E-state index contributed by atoms with van der Waals surface area (Å²) in [6.45, 7) is 4.95. The van der Waals surface area contributed by atoms with Gasteiger partial charge in [0.15, 0.2) is 0 Å². The summed E-state index contributed by atoms with van der Waals surface area (Å²) in [6.07, 6.45) is 3.99. The van der Waals surface area contributed by atoms with Gasteiger partial charge in [-0.2, -0.15) is 5.10 Å². The third-order valence-corrected chi connectivity index (χ3v) is 3.11. The monoisotopic (exact) mass is 285 g/mol. The van der Waals surface area contributed by atoms with Crippen molar-refractivity contribution in [3.63, 3.8) is 0 Å². The molecule has 7 nitrogen and oxygen atoms in total. The van der Waals surface area contributed by atoms with Crippen molar-refractivity contribution in [2.24, 2.45) is 5.73 Å². The van der Waals surface area contributed by atoms with Crippen molar-refractivity contribution in [3.05, 3.63) is 41.5 Å². The molecule has 2 aromatic heterocycles. The van der Waals surface area contributed by atoms with Crippen molar-refractivity contribution in [1.29, 1.82) is 5.41 Å². The van der Waals surface area contributed by atoms with Gasteiger partial charge in [0.25, 0.3) is 0 Å². The van der Waals surface area contributed by atoms with Gasteiger partial charge in [-0.25, -0.2) is 4.98 Å². The molecule has 0 unspecified atom stereocenters. The van der Waals surface area contributed by atoms with E-state index in [0.717, 1.165) is 17.0 Å². The minimum atomic E-state index is 0.142. The van der Waals surface area contributed by atoms with Gasteiger partial charge < -0.3 is 10.6 Å². The van der Waals surface area contributed by atoms with Crippen molar-refractivity contribution < 1.29 is 0 Å². The van der Waals surface area contributed by atoms with Gasteiger partial charge in [-0.15, -0.1) is 5.10 Å². The first kappa shape index (κ1) is 14.8. The van der Waals surface area contributed by atoms with Crippen LogP contribution in [0.3, 0.4) is 0 Å². The summed E-state index contributed by atoms with van der Waals surface area (Å²) in [5.74, 6) is 0.686. The molecule has 0 amide bonds. The van der Waals surface area contributed by atoms with Gasteiger partial charge >= 0.3 is 0 Å². The average molecular weight is 285 g/mol. The zero-order valence-corrected chi connectivity index (χ0v) is 12.2. The first-order valence-electron chi connectivity index (χ1n) is 6.71. The molecule has 0 aliphatic rings. The van der Waals surface area contributed by atoms with E-state index in [9.17, 15) is 0 Å².